The maximum atomic E-state index is 11.7. The molecule has 2 atom stereocenters. The molecule has 1 saturated heterocycles. The lowest BCUT2D eigenvalue weighted by molar-refractivity contribution is -0.142. The lowest BCUT2D eigenvalue weighted by Crippen LogP contribution is -2.43. The van der Waals surface area contributed by atoms with E-state index < -0.39 is 23.7 Å². The summed E-state index contributed by atoms with van der Waals surface area (Å²) in [5, 5.41) is 8.94. The lowest BCUT2D eigenvalue weighted by Gasteiger charge is -2.26. The van der Waals surface area contributed by atoms with Crippen molar-refractivity contribution in [2.75, 3.05) is 6.54 Å². The minimum atomic E-state index is -1.04. The van der Waals surface area contributed by atoms with Crippen LogP contribution in [-0.2, 0) is 9.53 Å². The van der Waals surface area contributed by atoms with Gasteiger partial charge in [0.15, 0.2) is 0 Å². The SMILES string of the molecule is CC(C)(C)OC(=O)N1C[C@@H](N)C[C@@H]1C(=O)O.Cl. The summed E-state index contributed by atoms with van der Waals surface area (Å²) >= 11 is 0. The van der Waals surface area contributed by atoms with E-state index in [-0.39, 0.29) is 31.4 Å². The maximum Gasteiger partial charge on any atom is 0.411 e. The van der Waals surface area contributed by atoms with Gasteiger partial charge < -0.3 is 15.6 Å². The molecule has 3 N–H and O–H groups in total. The molecule has 100 valence electrons. The fourth-order valence-corrected chi connectivity index (χ4v) is 1.62. The van der Waals surface area contributed by atoms with Crippen LogP contribution in [0.4, 0.5) is 4.79 Å². The van der Waals surface area contributed by atoms with Crippen LogP contribution in [-0.4, -0.2) is 46.3 Å². The third-order valence-corrected chi connectivity index (χ3v) is 2.25. The number of hydrogen-bond acceptors (Lipinski definition) is 4. The van der Waals surface area contributed by atoms with Gasteiger partial charge in [0.1, 0.15) is 11.6 Å². The van der Waals surface area contributed by atoms with Crippen LogP contribution in [0.2, 0.25) is 0 Å². The van der Waals surface area contributed by atoms with Gasteiger partial charge in [-0.3, -0.25) is 4.90 Å². The standard InChI is InChI=1S/C10H18N2O4.ClH/c1-10(2,3)16-9(15)12-5-6(11)4-7(12)8(13)14;/h6-7H,4-5,11H2,1-3H3,(H,13,14);1H/t6-,7+;/m0./s1. The van der Waals surface area contributed by atoms with Crippen molar-refractivity contribution < 1.29 is 19.4 Å². The van der Waals surface area contributed by atoms with Gasteiger partial charge in [0.2, 0.25) is 0 Å². The Hall–Kier alpha value is -1.01. The Morgan fingerprint density at radius 2 is 1.94 bits per heavy atom. The quantitative estimate of drug-likeness (QED) is 0.733. The molecule has 0 aromatic rings. The smallest absolute Gasteiger partial charge is 0.411 e. The Morgan fingerprint density at radius 3 is 2.35 bits per heavy atom. The zero-order valence-corrected chi connectivity index (χ0v) is 11.0. The van der Waals surface area contributed by atoms with Crippen molar-refractivity contribution in [3.8, 4) is 0 Å². The number of carboxylic acids is 1. The van der Waals surface area contributed by atoms with Crippen LogP contribution in [0, 0.1) is 0 Å². The summed E-state index contributed by atoms with van der Waals surface area (Å²) in [5.74, 6) is -1.04. The summed E-state index contributed by atoms with van der Waals surface area (Å²) in [6.07, 6.45) is -0.345. The van der Waals surface area contributed by atoms with Gasteiger partial charge in [0.05, 0.1) is 0 Å². The molecule has 0 radical (unpaired) electrons. The number of hydrogen-bond donors (Lipinski definition) is 2. The highest BCUT2D eigenvalue weighted by atomic mass is 35.5. The molecule has 0 saturated carbocycles. The average molecular weight is 267 g/mol. The van der Waals surface area contributed by atoms with E-state index in [9.17, 15) is 9.59 Å². The number of nitrogens with zero attached hydrogens (tertiary/aromatic N) is 1. The summed E-state index contributed by atoms with van der Waals surface area (Å²) in [6, 6.07) is -1.17. The van der Waals surface area contributed by atoms with Crippen LogP contribution in [0.5, 0.6) is 0 Å². The predicted octanol–water partition coefficient (Wildman–Crippen LogP) is 0.829. The molecule has 0 spiro atoms. The molecule has 0 aromatic carbocycles. The summed E-state index contributed by atoms with van der Waals surface area (Å²) in [4.78, 5) is 23.8. The van der Waals surface area contributed by atoms with Crippen LogP contribution in [0.3, 0.4) is 0 Å². The second-order valence-electron chi connectivity index (χ2n) is 4.98. The Balaban J connectivity index is 0.00000256. The van der Waals surface area contributed by atoms with Gasteiger partial charge in [-0.05, 0) is 27.2 Å². The Bertz CT molecular complexity index is 303. The van der Waals surface area contributed by atoms with Crippen molar-refractivity contribution in [2.45, 2.75) is 44.9 Å². The number of carbonyl (C=O) groups excluding carboxylic acids is 1. The van der Waals surface area contributed by atoms with E-state index in [1.165, 1.54) is 4.90 Å². The average Bonchev–Trinajstić information content (AvgIpc) is 2.44. The molecule has 17 heavy (non-hydrogen) atoms. The van der Waals surface area contributed by atoms with Crippen molar-refractivity contribution in [3.05, 3.63) is 0 Å². The largest absolute Gasteiger partial charge is 0.480 e. The second kappa shape index (κ2) is 5.55. The first-order valence-electron chi connectivity index (χ1n) is 5.18. The third kappa shape index (κ3) is 4.40. The molecule has 1 amide bonds. The predicted molar refractivity (Wildman–Crippen MR) is 64.2 cm³/mol. The summed E-state index contributed by atoms with van der Waals surface area (Å²) < 4.78 is 5.12. The molecule has 1 heterocycles. The van der Waals surface area contributed by atoms with Crippen LogP contribution < -0.4 is 5.73 Å². The van der Waals surface area contributed by atoms with E-state index in [0.29, 0.717) is 0 Å². The first-order valence-corrected chi connectivity index (χ1v) is 5.18. The van der Waals surface area contributed by atoms with E-state index in [0.717, 1.165) is 0 Å². The van der Waals surface area contributed by atoms with Gasteiger partial charge in [-0.15, -0.1) is 12.4 Å². The number of likely N-dealkylation sites (tertiary alicyclic amines) is 1. The molecule has 0 unspecified atom stereocenters. The molecule has 1 rings (SSSR count). The molecule has 0 aliphatic carbocycles. The molecular formula is C10H19ClN2O4. The van der Waals surface area contributed by atoms with Crippen molar-refractivity contribution in [2.24, 2.45) is 5.73 Å². The van der Waals surface area contributed by atoms with Gasteiger partial charge in [0.25, 0.3) is 0 Å². The Labute approximate surface area is 107 Å². The molecule has 0 bridgehead atoms. The van der Waals surface area contributed by atoms with E-state index in [2.05, 4.69) is 0 Å². The first kappa shape index (κ1) is 16.0. The molecule has 1 fully saturated rings. The first-order chi connectivity index (χ1) is 7.20. The van der Waals surface area contributed by atoms with Gasteiger partial charge in [-0.25, -0.2) is 9.59 Å². The highest BCUT2D eigenvalue weighted by Crippen LogP contribution is 2.20. The normalized spacial score (nSPS) is 24.1. The summed E-state index contributed by atoms with van der Waals surface area (Å²) in [7, 11) is 0. The Kier molecular flexibility index (Phi) is 5.22. The van der Waals surface area contributed by atoms with Gasteiger partial charge >= 0.3 is 12.1 Å². The number of amides is 1. The van der Waals surface area contributed by atoms with Crippen molar-refractivity contribution in [3.63, 3.8) is 0 Å². The fraction of sp³-hybridized carbons (Fsp3) is 0.800. The highest BCUT2D eigenvalue weighted by Gasteiger charge is 2.40. The monoisotopic (exact) mass is 266 g/mol. The van der Waals surface area contributed by atoms with Crippen LogP contribution in [0.25, 0.3) is 0 Å². The summed E-state index contributed by atoms with van der Waals surface area (Å²) in [5.41, 5.74) is 5.01. The molecule has 6 nitrogen and oxygen atoms in total. The van der Waals surface area contributed by atoms with Crippen LogP contribution in [0.1, 0.15) is 27.2 Å². The fourth-order valence-electron chi connectivity index (χ4n) is 1.62. The molecular weight excluding hydrogens is 248 g/mol. The molecule has 0 aromatic heterocycles. The number of ether oxygens (including phenoxy) is 1. The minimum absolute atomic E-state index is 0. The molecule has 1 aliphatic rings. The molecule has 1 aliphatic heterocycles. The zero-order chi connectivity index (χ0) is 12.5. The maximum absolute atomic E-state index is 11.7. The van der Waals surface area contributed by atoms with Crippen molar-refractivity contribution in [1.29, 1.82) is 0 Å². The second-order valence-corrected chi connectivity index (χ2v) is 4.98. The number of halogens is 1. The van der Waals surface area contributed by atoms with Crippen LogP contribution >= 0.6 is 12.4 Å². The summed E-state index contributed by atoms with van der Waals surface area (Å²) in [6.45, 7) is 5.43. The van der Waals surface area contributed by atoms with E-state index in [4.69, 9.17) is 15.6 Å². The lowest BCUT2D eigenvalue weighted by atomic mass is 10.2. The number of aliphatic carboxylic acids is 1. The number of nitrogens with two attached hydrogens (primary N) is 1. The van der Waals surface area contributed by atoms with E-state index in [1.54, 1.807) is 20.8 Å². The van der Waals surface area contributed by atoms with Gasteiger partial charge in [0, 0.05) is 12.6 Å². The van der Waals surface area contributed by atoms with E-state index in [1.807, 2.05) is 0 Å². The molecule has 7 heteroatoms. The third-order valence-electron chi connectivity index (χ3n) is 2.25. The Morgan fingerprint density at radius 1 is 1.41 bits per heavy atom. The number of carboxylic acid groups (broad SMARTS) is 1. The van der Waals surface area contributed by atoms with Crippen LogP contribution in [0.15, 0.2) is 0 Å². The topological polar surface area (TPSA) is 92.9 Å². The number of carbonyl (C=O) groups is 2. The highest BCUT2D eigenvalue weighted by molar-refractivity contribution is 5.85. The number of rotatable bonds is 1. The van der Waals surface area contributed by atoms with Gasteiger partial charge in [-0.2, -0.15) is 0 Å². The van der Waals surface area contributed by atoms with Crippen molar-refractivity contribution >= 4 is 24.5 Å². The zero-order valence-electron chi connectivity index (χ0n) is 10.2. The van der Waals surface area contributed by atoms with E-state index >= 15 is 0 Å². The van der Waals surface area contributed by atoms with Crippen molar-refractivity contribution in [1.82, 2.24) is 4.90 Å². The minimum Gasteiger partial charge on any atom is -0.480 e. The van der Waals surface area contributed by atoms with Gasteiger partial charge in [-0.1, -0.05) is 0 Å².